The van der Waals surface area contributed by atoms with Gasteiger partial charge in [0.25, 0.3) is 0 Å². The van der Waals surface area contributed by atoms with Gasteiger partial charge in [-0.25, -0.2) is 4.79 Å². The third-order valence-electron chi connectivity index (χ3n) is 5.12. The Kier molecular flexibility index (Phi) is 5.67. The fourth-order valence-corrected chi connectivity index (χ4v) is 4.43. The Hall–Kier alpha value is -1.26. The van der Waals surface area contributed by atoms with Gasteiger partial charge in [-0.05, 0) is 49.8 Å². The first-order valence-corrected chi connectivity index (χ1v) is 9.48. The predicted octanol–water partition coefficient (Wildman–Crippen LogP) is 4.50. The molecule has 3 atom stereocenters. The maximum absolute atomic E-state index is 12.3. The minimum Gasteiger partial charge on any atom is -0.335 e. The van der Waals surface area contributed by atoms with Crippen molar-refractivity contribution in [1.29, 1.82) is 0 Å². The molecule has 2 heterocycles. The number of rotatable bonds is 4. The monoisotopic (exact) mass is 349 g/mol. The molecule has 5 heteroatoms. The Morgan fingerprint density at radius 1 is 1.29 bits per heavy atom. The Morgan fingerprint density at radius 2 is 2.00 bits per heavy atom. The Labute approximate surface area is 149 Å². The van der Waals surface area contributed by atoms with E-state index in [4.69, 9.17) is 11.6 Å². The molecule has 2 amide bonds. The van der Waals surface area contributed by atoms with Gasteiger partial charge in [-0.1, -0.05) is 37.9 Å². The molecule has 2 bridgehead atoms. The number of carbonyl (C=O) groups excluding carboxylic acids is 1. The van der Waals surface area contributed by atoms with Gasteiger partial charge in [0.2, 0.25) is 0 Å². The van der Waals surface area contributed by atoms with Crippen molar-refractivity contribution in [3.63, 3.8) is 0 Å². The Bertz CT molecular complexity index is 563. The van der Waals surface area contributed by atoms with Gasteiger partial charge in [0.05, 0.1) is 0 Å². The summed E-state index contributed by atoms with van der Waals surface area (Å²) in [7, 11) is 0. The van der Waals surface area contributed by atoms with Crippen LogP contribution in [0.15, 0.2) is 24.3 Å². The lowest BCUT2D eigenvalue weighted by molar-refractivity contribution is 0.0180. The first kappa shape index (κ1) is 17.6. The maximum atomic E-state index is 12.3. The number of benzene rings is 1. The number of piperidine rings is 2. The van der Waals surface area contributed by atoms with Gasteiger partial charge in [0.1, 0.15) is 0 Å². The zero-order chi connectivity index (χ0) is 17.1. The molecule has 0 radical (unpaired) electrons. The van der Waals surface area contributed by atoms with E-state index in [9.17, 15) is 4.79 Å². The summed E-state index contributed by atoms with van der Waals surface area (Å²) in [6, 6.07) is 8.64. The van der Waals surface area contributed by atoms with Gasteiger partial charge in [0, 0.05) is 35.4 Å². The summed E-state index contributed by atoms with van der Waals surface area (Å²) in [5, 5.41) is 6.69. The van der Waals surface area contributed by atoms with Gasteiger partial charge in [-0.2, -0.15) is 0 Å². The van der Waals surface area contributed by atoms with Gasteiger partial charge < -0.3 is 10.6 Å². The zero-order valence-electron chi connectivity index (χ0n) is 14.6. The smallest absolute Gasteiger partial charge is 0.319 e. The van der Waals surface area contributed by atoms with Crippen LogP contribution in [0.5, 0.6) is 0 Å². The average Bonchev–Trinajstić information content (AvgIpc) is 2.47. The number of urea groups is 1. The summed E-state index contributed by atoms with van der Waals surface area (Å²) >= 11 is 5.97. The lowest BCUT2D eigenvalue weighted by Gasteiger charge is -2.49. The second-order valence-corrected chi connectivity index (χ2v) is 8.04. The lowest BCUT2D eigenvalue weighted by atomic mass is 9.81. The maximum Gasteiger partial charge on any atom is 0.319 e. The number of halogens is 1. The first-order valence-electron chi connectivity index (χ1n) is 9.10. The molecule has 2 aliphatic heterocycles. The highest BCUT2D eigenvalue weighted by atomic mass is 35.5. The molecule has 2 fully saturated rings. The molecule has 2 saturated heterocycles. The molecule has 0 spiro atoms. The van der Waals surface area contributed by atoms with Crippen LogP contribution in [0.4, 0.5) is 10.5 Å². The molecule has 4 nitrogen and oxygen atoms in total. The van der Waals surface area contributed by atoms with Crippen LogP contribution < -0.4 is 10.6 Å². The summed E-state index contributed by atoms with van der Waals surface area (Å²) < 4.78 is 0. The van der Waals surface area contributed by atoms with Crippen molar-refractivity contribution in [2.75, 3.05) is 11.9 Å². The van der Waals surface area contributed by atoms with E-state index in [-0.39, 0.29) is 12.1 Å². The summed E-state index contributed by atoms with van der Waals surface area (Å²) in [6.07, 6.45) is 5.97. The third kappa shape index (κ3) is 4.42. The SMILES string of the molecule is CC(C)CN1[C@@H]2CCC[C@H]1CC(NC(=O)Nc1cccc(Cl)c1)C2. The quantitative estimate of drug-likeness (QED) is 0.840. The minimum absolute atomic E-state index is 0.127. The van der Waals surface area contributed by atoms with E-state index in [0.717, 1.165) is 18.5 Å². The highest BCUT2D eigenvalue weighted by Crippen LogP contribution is 2.34. The van der Waals surface area contributed by atoms with Crippen LogP contribution in [-0.2, 0) is 0 Å². The second kappa shape index (κ2) is 7.75. The largest absolute Gasteiger partial charge is 0.335 e. The molecule has 0 saturated carbocycles. The number of amides is 2. The number of hydrogen-bond acceptors (Lipinski definition) is 2. The van der Waals surface area contributed by atoms with Crippen LogP contribution in [0, 0.1) is 5.92 Å². The number of nitrogens with one attached hydrogen (secondary N) is 2. The fourth-order valence-electron chi connectivity index (χ4n) is 4.23. The van der Waals surface area contributed by atoms with Crippen molar-refractivity contribution in [3.05, 3.63) is 29.3 Å². The molecule has 0 aromatic heterocycles. The number of hydrogen-bond donors (Lipinski definition) is 2. The van der Waals surface area contributed by atoms with E-state index in [2.05, 4.69) is 29.4 Å². The fraction of sp³-hybridized carbons (Fsp3) is 0.632. The summed E-state index contributed by atoms with van der Waals surface area (Å²) in [5.41, 5.74) is 0.734. The van der Waals surface area contributed by atoms with E-state index < -0.39 is 0 Å². The molecule has 24 heavy (non-hydrogen) atoms. The Balaban J connectivity index is 1.56. The van der Waals surface area contributed by atoms with E-state index in [1.54, 1.807) is 12.1 Å². The number of anilines is 1. The highest BCUT2D eigenvalue weighted by molar-refractivity contribution is 6.30. The van der Waals surface area contributed by atoms with Crippen LogP contribution in [0.2, 0.25) is 5.02 Å². The van der Waals surface area contributed by atoms with Gasteiger partial charge in [-0.15, -0.1) is 0 Å². The molecule has 3 rings (SSSR count). The van der Waals surface area contributed by atoms with E-state index in [0.29, 0.717) is 23.0 Å². The van der Waals surface area contributed by atoms with Crippen LogP contribution in [0.25, 0.3) is 0 Å². The van der Waals surface area contributed by atoms with E-state index >= 15 is 0 Å². The van der Waals surface area contributed by atoms with E-state index in [1.165, 1.54) is 25.8 Å². The number of fused-ring (bicyclic) bond motifs is 2. The number of carbonyl (C=O) groups is 1. The minimum atomic E-state index is -0.127. The zero-order valence-corrected chi connectivity index (χ0v) is 15.4. The van der Waals surface area contributed by atoms with Crippen molar-refractivity contribution in [1.82, 2.24) is 10.2 Å². The van der Waals surface area contributed by atoms with Crippen LogP contribution in [0.3, 0.4) is 0 Å². The van der Waals surface area contributed by atoms with Crippen molar-refractivity contribution < 1.29 is 4.79 Å². The molecule has 132 valence electrons. The van der Waals surface area contributed by atoms with Crippen molar-refractivity contribution in [3.8, 4) is 0 Å². The standard InChI is InChI=1S/C19H28ClN3O/c1-13(2)12-23-17-7-4-8-18(23)11-16(10-17)22-19(24)21-15-6-3-5-14(20)9-15/h3,5-6,9,13,16-18H,4,7-8,10-12H2,1-2H3,(H2,21,22,24)/t16?,17-,18+. The normalized spacial score (nSPS) is 27.1. The molecule has 1 aromatic carbocycles. The van der Waals surface area contributed by atoms with E-state index in [1.807, 2.05) is 12.1 Å². The summed E-state index contributed by atoms with van der Waals surface area (Å²) in [6.45, 7) is 5.76. The molecule has 2 N–H and O–H groups in total. The van der Waals surface area contributed by atoms with Crippen molar-refractivity contribution in [2.45, 2.75) is 64.1 Å². The molecule has 1 unspecified atom stereocenters. The molecule has 0 aliphatic carbocycles. The molecular weight excluding hydrogens is 322 g/mol. The van der Waals surface area contributed by atoms with Crippen LogP contribution >= 0.6 is 11.6 Å². The number of nitrogens with zero attached hydrogens (tertiary/aromatic N) is 1. The predicted molar refractivity (Wildman–Crippen MR) is 99.6 cm³/mol. The second-order valence-electron chi connectivity index (χ2n) is 7.61. The Morgan fingerprint density at radius 3 is 2.62 bits per heavy atom. The van der Waals surface area contributed by atoms with Crippen molar-refractivity contribution >= 4 is 23.3 Å². The van der Waals surface area contributed by atoms with Crippen LogP contribution in [0.1, 0.15) is 46.0 Å². The topological polar surface area (TPSA) is 44.4 Å². The molecule has 2 aliphatic rings. The first-order chi connectivity index (χ1) is 11.5. The van der Waals surface area contributed by atoms with Gasteiger partial charge in [0.15, 0.2) is 0 Å². The molecule has 1 aromatic rings. The average molecular weight is 350 g/mol. The summed E-state index contributed by atoms with van der Waals surface area (Å²) in [5.74, 6) is 0.698. The lowest BCUT2D eigenvalue weighted by Crippen LogP contribution is -2.58. The van der Waals surface area contributed by atoms with Gasteiger partial charge >= 0.3 is 6.03 Å². The summed E-state index contributed by atoms with van der Waals surface area (Å²) in [4.78, 5) is 15.0. The molecular formula is C19H28ClN3O. The third-order valence-corrected chi connectivity index (χ3v) is 5.35. The highest BCUT2D eigenvalue weighted by Gasteiger charge is 2.38. The van der Waals surface area contributed by atoms with Crippen molar-refractivity contribution in [2.24, 2.45) is 5.92 Å². The van der Waals surface area contributed by atoms with Gasteiger partial charge in [-0.3, -0.25) is 4.90 Å². The van der Waals surface area contributed by atoms with Crippen LogP contribution in [-0.4, -0.2) is 35.6 Å².